The minimum atomic E-state index is -0.779. The predicted molar refractivity (Wildman–Crippen MR) is 50.2 cm³/mol. The Labute approximate surface area is 83.4 Å². The minimum Gasteiger partial charge on any atom is -0.481 e. The molecular weight excluding hydrogens is 186 g/mol. The Hall–Kier alpha value is -0.650. The van der Waals surface area contributed by atoms with Gasteiger partial charge in [-0.1, -0.05) is 6.92 Å². The second kappa shape index (κ2) is 5.95. The Balaban J connectivity index is 2.05. The Morgan fingerprint density at radius 3 is 3.00 bits per heavy atom. The van der Waals surface area contributed by atoms with Crippen LogP contribution in [0.25, 0.3) is 0 Å². The molecule has 0 aromatic rings. The summed E-state index contributed by atoms with van der Waals surface area (Å²) in [5, 5.41) is 11.7. The third kappa shape index (κ3) is 4.04. The summed E-state index contributed by atoms with van der Waals surface area (Å²) >= 11 is 0. The molecule has 5 heteroatoms. The van der Waals surface area contributed by atoms with Crippen molar-refractivity contribution in [1.82, 2.24) is 5.32 Å². The maximum Gasteiger partial charge on any atom is 0.307 e. The lowest BCUT2D eigenvalue weighted by Crippen LogP contribution is -2.39. The molecule has 2 N–H and O–H groups in total. The average molecular weight is 203 g/mol. The van der Waals surface area contributed by atoms with E-state index in [1.165, 1.54) is 0 Å². The third-order valence-electron chi connectivity index (χ3n) is 2.13. The summed E-state index contributed by atoms with van der Waals surface area (Å²) in [6, 6.07) is 0. The van der Waals surface area contributed by atoms with E-state index >= 15 is 0 Å². The largest absolute Gasteiger partial charge is 0.481 e. The molecule has 5 nitrogen and oxygen atoms in total. The van der Waals surface area contributed by atoms with Gasteiger partial charge in [-0.15, -0.1) is 0 Å². The van der Waals surface area contributed by atoms with Crippen molar-refractivity contribution in [3.8, 4) is 0 Å². The van der Waals surface area contributed by atoms with Crippen LogP contribution in [0.3, 0.4) is 0 Å². The summed E-state index contributed by atoms with van der Waals surface area (Å²) in [6.07, 6.45) is 0.0599. The van der Waals surface area contributed by atoms with Crippen LogP contribution in [0.4, 0.5) is 0 Å². The summed E-state index contributed by atoms with van der Waals surface area (Å²) in [7, 11) is 0. The Bertz CT molecular complexity index is 180. The molecule has 82 valence electrons. The van der Waals surface area contributed by atoms with Gasteiger partial charge in [-0.25, -0.2) is 0 Å². The van der Waals surface area contributed by atoms with Gasteiger partial charge in [0.1, 0.15) is 0 Å². The second-order valence-electron chi connectivity index (χ2n) is 3.47. The summed E-state index contributed by atoms with van der Waals surface area (Å²) in [5.41, 5.74) is 0. The van der Waals surface area contributed by atoms with E-state index in [-0.39, 0.29) is 12.0 Å². The van der Waals surface area contributed by atoms with Crippen LogP contribution in [0.1, 0.15) is 6.92 Å². The zero-order valence-corrected chi connectivity index (χ0v) is 8.36. The summed E-state index contributed by atoms with van der Waals surface area (Å²) in [5.74, 6) is -1.14. The SMILES string of the molecule is CC(CNCC1COCCO1)C(=O)O. The Kier molecular flexibility index (Phi) is 4.86. The molecule has 0 saturated carbocycles. The van der Waals surface area contributed by atoms with Gasteiger partial charge in [0.2, 0.25) is 0 Å². The quantitative estimate of drug-likeness (QED) is 0.642. The highest BCUT2D eigenvalue weighted by atomic mass is 16.6. The van der Waals surface area contributed by atoms with Crippen LogP contribution in [-0.2, 0) is 14.3 Å². The van der Waals surface area contributed by atoms with E-state index in [2.05, 4.69) is 5.32 Å². The fourth-order valence-corrected chi connectivity index (χ4v) is 1.20. The molecule has 1 aliphatic rings. The van der Waals surface area contributed by atoms with E-state index in [4.69, 9.17) is 14.6 Å². The van der Waals surface area contributed by atoms with E-state index < -0.39 is 5.97 Å². The minimum absolute atomic E-state index is 0.0599. The van der Waals surface area contributed by atoms with Gasteiger partial charge in [0.15, 0.2) is 0 Å². The van der Waals surface area contributed by atoms with Gasteiger partial charge in [0.25, 0.3) is 0 Å². The Morgan fingerprint density at radius 1 is 1.64 bits per heavy atom. The number of ether oxygens (including phenoxy) is 2. The second-order valence-corrected chi connectivity index (χ2v) is 3.47. The first-order chi connectivity index (χ1) is 6.70. The van der Waals surface area contributed by atoms with E-state index in [9.17, 15) is 4.79 Å². The molecule has 1 heterocycles. The average Bonchev–Trinajstić information content (AvgIpc) is 2.19. The Morgan fingerprint density at radius 2 is 2.43 bits per heavy atom. The molecule has 1 saturated heterocycles. The summed E-state index contributed by atoms with van der Waals surface area (Å²) < 4.78 is 10.6. The number of carboxylic acid groups (broad SMARTS) is 1. The predicted octanol–water partition coefficient (Wildman–Crippen LogP) is -0.288. The van der Waals surface area contributed by atoms with Crippen molar-refractivity contribution in [3.63, 3.8) is 0 Å². The van der Waals surface area contributed by atoms with Crippen molar-refractivity contribution < 1.29 is 19.4 Å². The number of hydrogen-bond acceptors (Lipinski definition) is 4. The first-order valence-electron chi connectivity index (χ1n) is 4.83. The van der Waals surface area contributed by atoms with E-state index in [0.717, 1.165) is 0 Å². The molecule has 0 aromatic heterocycles. The van der Waals surface area contributed by atoms with Gasteiger partial charge < -0.3 is 19.9 Å². The normalized spacial score (nSPS) is 24.5. The molecule has 0 aromatic carbocycles. The van der Waals surface area contributed by atoms with Gasteiger partial charge in [0.05, 0.1) is 31.8 Å². The zero-order valence-electron chi connectivity index (χ0n) is 8.36. The maximum absolute atomic E-state index is 10.5. The van der Waals surface area contributed by atoms with Gasteiger partial charge in [-0.2, -0.15) is 0 Å². The van der Waals surface area contributed by atoms with Gasteiger partial charge in [0, 0.05) is 13.1 Å². The molecule has 2 unspecified atom stereocenters. The number of rotatable bonds is 5. The molecule has 0 bridgehead atoms. The van der Waals surface area contributed by atoms with Crippen LogP contribution in [0.2, 0.25) is 0 Å². The first kappa shape index (κ1) is 11.4. The van der Waals surface area contributed by atoms with Gasteiger partial charge >= 0.3 is 5.97 Å². The van der Waals surface area contributed by atoms with Crippen molar-refractivity contribution in [2.24, 2.45) is 5.92 Å². The smallest absolute Gasteiger partial charge is 0.307 e. The van der Waals surface area contributed by atoms with Crippen molar-refractivity contribution in [2.75, 3.05) is 32.9 Å². The molecule has 1 fully saturated rings. The summed E-state index contributed by atoms with van der Waals surface area (Å²) in [6.45, 7) is 4.66. The fourth-order valence-electron chi connectivity index (χ4n) is 1.20. The topological polar surface area (TPSA) is 67.8 Å². The molecule has 1 aliphatic heterocycles. The highest BCUT2D eigenvalue weighted by Crippen LogP contribution is 1.99. The molecule has 0 radical (unpaired) electrons. The maximum atomic E-state index is 10.5. The van der Waals surface area contributed by atoms with E-state index in [1.807, 2.05) is 0 Å². The van der Waals surface area contributed by atoms with Gasteiger partial charge in [-0.05, 0) is 0 Å². The van der Waals surface area contributed by atoms with E-state index in [1.54, 1.807) is 6.92 Å². The number of aliphatic carboxylic acids is 1. The lowest BCUT2D eigenvalue weighted by molar-refractivity contribution is -0.141. The molecule has 0 amide bonds. The first-order valence-corrected chi connectivity index (χ1v) is 4.83. The van der Waals surface area contributed by atoms with Crippen LogP contribution >= 0.6 is 0 Å². The van der Waals surface area contributed by atoms with Crippen molar-refractivity contribution >= 4 is 5.97 Å². The zero-order chi connectivity index (χ0) is 10.4. The highest BCUT2D eigenvalue weighted by Gasteiger charge is 2.15. The fraction of sp³-hybridized carbons (Fsp3) is 0.889. The van der Waals surface area contributed by atoms with Gasteiger partial charge in [-0.3, -0.25) is 4.79 Å². The molecule has 0 spiro atoms. The number of carboxylic acids is 1. The lowest BCUT2D eigenvalue weighted by Gasteiger charge is -2.23. The van der Waals surface area contributed by atoms with Crippen LogP contribution in [0, 0.1) is 5.92 Å². The number of carbonyl (C=O) groups is 1. The highest BCUT2D eigenvalue weighted by molar-refractivity contribution is 5.69. The van der Waals surface area contributed by atoms with Crippen LogP contribution in [-0.4, -0.2) is 50.1 Å². The molecule has 2 atom stereocenters. The van der Waals surface area contributed by atoms with Crippen molar-refractivity contribution in [2.45, 2.75) is 13.0 Å². The third-order valence-corrected chi connectivity index (χ3v) is 2.13. The monoisotopic (exact) mass is 203 g/mol. The number of nitrogens with one attached hydrogen (secondary N) is 1. The molecular formula is C9H17NO4. The standard InChI is InChI=1S/C9H17NO4/c1-7(9(11)12)4-10-5-8-6-13-2-3-14-8/h7-8,10H,2-6H2,1H3,(H,11,12). The molecule has 1 rings (SSSR count). The number of hydrogen-bond donors (Lipinski definition) is 2. The van der Waals surface area contributed by atoms with Crippen molar-refractivity contribution in [1.29, 1.82) is 0 Å². The lowest BCUT2D eigenvalue weighted by atomic mass is 10.2. The van der Waals surface area contributed by atoms with Crippen LogP contribution in [0.5, 0.6) is 0 Å². The van der Waals surface area contributed by atoms with Crippen LogP contribution in [0.15, 0.2) is 0 Å². The van der Waals surface area contributed by atoms with Crippen LogP contribution < -0.4 is 5.32 Å². The van der Waals surface area contributed by atoms with Crippen molar-refractivity contribution in [3.05, 3.63) is 0 Å². The summed E-state index contributed by atoms with van der Waals surface area (Å²) in [4.78, 5) is 10.5. The van der Waals surface area contributed by atoms with E-state index in [0.29, 0.717) is 32.9 Å². The molecule has 0 aliphatic carbocycles. The molecule has 14 heavy (non-hydrogen) atoms.